The Morgan fingerprint density at radius 2 is 2.31 bits per heavy atom. The molecule has 1 fully saturated rings. The first-order valence-electron chi connectivity index (χ1n) is 6.39. The zero-order valence-electron chi connectivity index (χ0n) is 10.7. The summed E-state index contributed by atoms with van der Waals surface area (Å²) in [6, 6.07) is 0.618. The van der Waals surface area contributed by atoms with Gasteiger partial charge in [-0.05, 0) is 38.3 Å². The smallest absolute Gasteiger partial charge is 0.0537 e. The predicted octanol–water partition coefficient (Wildman–Crippen LogP) is 2.60. The van der Waals surface area contributed by atoms with Crippen molar-refractivity contribution in [1.82, 2.24) is 14.7 Å². The van der Waals surface area contributed by atoms with Gasteiger partial charge in [0.25, 0.3) is 0 Å². The van der Waals surface area contributed by atoms with Crippen molar-refractivity contribution >= 4 is 0 Å². The van der Waals surface area contributed by atoms with Gasteiger partial charge in [0.15, 0.2) is 0 Å². The number of aromatic nitrogens is 2. The van der Waals surface area contributed by atoms with Crippen LogP contribution in [0, 0.1) is 5.92 Å². The molecule has 0 aromatic carbocycles. The molecule has 3 heteroatoms. The standard InChI is InChI=1S/C13H23N3/c1-11(2)6-8-16-7-4-5-13(16)12-9-14-15(3)10-12/h9-11,13H,4-8H2,1-3H3/t13-/m0/s1. The van der Waals surface area contributed by atoms with Gasteiger partial charge < -0.3 is 0 Å². The number of nitrogens with zero attached hydrogens (tertiary/aromatic N) is 3. The van der Waals surface area contributed by atoms with Gasteiger partial charge in [0, 0.05) is 24.8 Å². The van der Waals surface area contributed by atoms with E-state index in [0.29, 0.717) is 6.04 Å². The molecule has 0 spiro atoms. The summed E-state index contributed by atoms with van der Waals surface area (Å²) in [5.74, 6) is 0.801. The molecule has 0 radical (unpaired) electrons. The van der Waals surface area contributed by atoms with Crippen LogP contribution in [-0.2, 0) is 7.05 Å². The van der Waals surface area contributed by atoms with E-state index in [0.717, 1.165) is 5.92 Å². The molecule has 0 saturated carbocycles. The Hall–Kier alpha value is -0.830. The second kappa shape index (κ2) is 5.00. The molecule has 1 atom stereocenters. The fourth-order valence-electron chi connectivity index (χ4n) is 2.51. The van der Waals surface area contributed by atoms with E-state index in [9.17, 15) is 0 Å². The highest BCUT2D eigenvalue weighted by Gasteiger charge is 2.26. The first-order valence-corrected chi connectivity index (χ1v) is 6.39. The summed E-state index contributed by atoms with van der Waals surface area (Å²) >= 11 is 0. The van der Waals surface area contributed by atoms with Gasteiger partial charge >= 0.3 is 0 Å². The molecule has 1 aromatic rings. The van der Waals surface area contributed by atoms with Gasteiger partial charge in [-0.25, -0.2) is 0 Å². The maximum atomic E-state index is 4.28. The Morgan fingerprint density at radius 1 is 1.50 bits per heavy atom. The van der Waals surface area contributed by atoms with Crippen molar-refractivity contribution in [1.29, 1.82) is 0 Å². The van der Waals surface area contributed by atoms with Crippen molar-refractivity contribution in [2.45, 2.75) is 39.2 Å². The molecule has 1 aliphatic heterocycles. The average Bonchev–Trinajstić information content (AvgIpc) is 2.82. The van der Waals surface area contributed by atoms with E-state index in [4.69, 9.17) is 0 Å². The minimum atomic E-state index is 0.618. The van der Waals surface area contributed by atoms with E-state index in [1.807, 2.05) is 17.9 Å². The molecule has 3 nitrogen and oxygen atoms in total. The van der Waals surface area contributed by atoms with Gasteiger partial charge in [0.1, 0.15) is 0 Å². The van der Waals surface area contributed by atoms with Gasteiger partial charge in [0.05, 0.1) is 6.20 Å². The van der Waals surface area contributed by atoms with E-state index in [2.05, 4.69) is 30.0 Å². The fraction of sp³-hybridized carbons (Fsp3) is 0.769. The summed E-state index contributed by atoms with van der Waals surface area (Å²) in [6.07, 6.45) is 8.12. The molecule has 0 unspecified atom stereocenters. The Kier molecular flexibility index (Phi) is 3.64. The minimum Gasteiger partial charge on any atom is -0.296 e. The topological polar surface area (TPSA) is 21.1 Å². The summed E-state index contributed by atoms with van der Waals surface area (Å²) in [5, 5.41) is 4.28. The highest BCUT2D eigenvalue weighted by Crippen LogP contribution is 2.31. The van der Waals surface area contributed by atoms with Crippen molar-refractivity contribution in [2.75, 3.05) is 13.1 Å². The first-order chi connectivity index (χ1) is 7.66. The number of likely N-dealkylation sites (tertiary alicyclic amines) is 1. The van der Waals surface area contributed by atoms with Crippen molar-refractivity contribution in [3.63, 3.8) is 0 Å². The van der Waals surface area contributed by atoms with Crippen LogP contribution in [0.2, 0.25) is 0 Å². The van der Waals surface area contributed by atoms with E-state index in [-0.39, 0.29) is 0 Å². The third-order valence-electron chi connectivity index (χ3n) is 3.47. The van der Waals surface area contributed by atoms with Crippen LogP contribution in [0.15, 0.2) is 12.4 Å². The summed E-state index contributed by atoms with van der Waals surface area (Å²) in [5.41, 5.74) is 1.39. The minimum absolute atomic E-state index is 0.618. The van der Waals surface area contributed by atoms with Gasteiger partial charge in [-0.3, -0.25) is 9.58 Å². The fourth-order valence-corrected chi connectivity index (χ4v) is 2.51. The molecule has 1 aliphatic rings. The van der Waals surface area contributed by atoms with Crippen LogP contribution in [0.3, 0.4) is 0 Å². The zero-order valence-corrected chi connectivity index (χ0v) is 10.7. The van der Waals surface area contributed by atoms with E-state index < -0.39 is 0 Å². The lowest BCUT2D eigenvalue weighted by molar-refractivity contribution is 0.242. The lowest BCUT2D eigenvalue weighted by atomic mass is 10.1. The summed E-state index contributed by atoms with van der Waals surface area (Å²) in [4.78, 5) is 2.62. The molecule has 90 valence electrons. The van der Waals surface area contributed by atoms with Gasteiger partial charge in [-0.2, -0.15) is 5.10 Å². The third kappa shape index (κ3) is 2.64. The molecule has 1 aromatic heterocycles. The number of hydrogen-bond acceptors (Lipinski definition) is 2. The SMILES string of the molecule is CC(C)CCN1CCC[C@H]1c1cnn(C)c1. The molecular weight excluding hydrogens is 198 g/mol. The van der Waals surface area contributed by atoms with Crippen LogP contribution < -0.4 is 0 Å². The van der Waals surface area contributed by atoms with Crippen molar-refractivity contribution < 1.29 is 0 Å². The largest absolute Gasteiger partial charge is 0.296 e. The van der Waals surface area contributed by atoms with Crippen LogP contribution in [0.25, 0.3) is 0 Å². The second-order valence-corrected chi connectivity index (χ2v) is 5.32. The Morgan fingerprint density at radius 3 is 2.94 bits per heavy atom. The van der Waals surface area contributed by atoms with Crippen LogP contribution in [0.1, 0.15) is 44.7 Å². The molecule has 1 saturated heterocycles. The predicted molar refractivity (Wildman–Crippen MR) is 66.2 cm³/mol. The maximum absolute atomic E-state index is 4.28. The molecule has 0 amide bonds. The van der Waals surface area contributed by atoms with Crippen LogP contribution in [0.5, 0.6) is 0 Å². The number of aryl methyl sites for hydroxylation is 1. The Bertz CT molecular complexity index is 330. The monoisotopic (exact) mass is 221 g/mol. The summed E-state index contributed by atoms with van der Waals surface area (Å²) in [6.45, 7) is 7.09. The number of rotatable bonds is 4. The zero-order chi connectivity index (χ0) is 11.5. The summed E-state index contributed by atoms with van der Waals surface area (Å²) in [7, 11) is 2.00. The van der Waals surface area contributed by atoms with Crippen LogP contribution >= 0.6 is 0 Å². The molecular formula is C13H23N3. The molecule has 2 heterocycles. The Balaban J connectivity index is 1.98. The normalized spacial score (nSPS) is 22.1. The van der Waals surface area contributed by atoms with Crippen molar-refractivity contribution in [2.24, 2.45) is 13.0 Å². The third-order valence-corrected chi connectivity index (χ3v) is 3.47. The Labute approximate surface area is 98.4 Å². The average molecular weight is 221 g/mol. The molecule has 0 bridgehead atoms. The molecule has 16 heavy (non-hydrogen) atoms. The van der Waals surface area contributed by atoms with E-state index in [1.54, 1.807) is 0 Å². The first kappa shape index (κ1) is 11.6. The molecule has 0 aliphatic carbocycles. The quantitative estimate of drug-likeness (QED) is 0.779. The van der Waals surface area contributed by atoms with Gasteiger partial charge in [0.2, 0.25) is 0 Å². The lowest BCUT2D eigenvalue weighted by Crippen LogP contribution is -2.25. The van der Waals surface area contributed by atoms with Gasteiger partial charge in [-0.15, -0.1) is 0 Å². The molecule has 2 rings (SSSR count). The summed E-state index contributed by atoms with van der Waals surface area (Å²) < 4.78 is 1.91. The molecule has 0 N–H and O–H groups in total. The van der Waals surface area contributed by atoms with E-state index >= 15 is 0 Å². The highest BCUT2D eigenvalue weighted by molar-refractivity contribution is 5.12. The van der Waals surface area contributed by atoms with Crippen LogP contribution in [0.4, 0.5) is 0 Å². The van der Waals surface area contributed by atoms with Gasteiger partial charge in [-0.1, -0.05) is 13.8 Å². The maximum Gasteiger partial charge on any atom is 0.0537 e. The lowest BCUT2D eigenvalue weighted by Gasteiger charge is -2.24. The van der Waals surface area contributed by atoms with Crippen molar-refractivity contribution in [3.05, 3.63) is 18.0 Å². The van der Waals surface area contributed by atoms with Crippen molar-refractivity contribution in [3.8, 4) is 0 Å². The van der Waals surface area contributed by atoms with Crippen LogP contribution in [-0.4, -0.2) is 27.8 Å². The second-order valence-electron chi connectivity index (χ2n) is 5.32. The number of hydrogen-bond donors (Lipinski definition) is 0. The highest BCUT2D eigenvalue weighted by atomic mass is 15.3. The van der Waals surface area contributed by atoms with E-state index in [1.165, 1.54) is 37.9 Å².